The Morgan fingerprint density at radius 2 is 1.92 bits per heavy atom. The summed E-state index contributed by atoms with van der Waals surface area (Å²) in [6, 6.07) is 10.1. The summed E-state index contributed by atoms with van der Waals surface area (Å²) in [7, 11) is 2.00. The van der Waals surface area contributed by atoms with E-state index in [1.807, 2.05) is 35.5 Å². The average molecular weight is 416 g/mol. The zero-order valence-electron chi connectivity index (χ0n) is 15.0. The van der Waals surface area contributed by atoms with Crippen molar-refractivity contribution in [3.8, 4) is 10.6 Å². The molecule has 1 aromatic carbocycles. The van der Waals surface area contributed by atoms with E-state index in [1.54, 1.807) is 11.3 Å². The number of piperidine rings is 1. The van der Waals surface area contributed by atoms with Crippen molar-refractivity contribution in [3.63, 3.8) is 0 Å². The largest absolute Gasteiger partial charge is 0.342 e. The molecule has 26 heavy (non-hydrogen) atoms. The minimum absolute atomic E-state index is 0. The zero-order chi connectivity index (χ0) is 16.8. The van der Waals surface area contributed by atoms with Gasteiger partial charge in [0.2, 0.25) is 5.91 Å². The molecular weight excluding hydrogens is 389 g/mol. The molecule has 4 nitrogen and oxygen atoms in total. The van der Waals surface area contributed by atoms with Gasteiger partial charge in [-0.1, -0.05) is 30.3 Å². The molecule has 2 aromatic rings. The van der Waals surface area contributed by atoms with E-state index in [4.69, 9.17) is 0 Å². The Balaban J connectivity index is 0.00000169. The van der Waals surface area contributed by atoms with Crippen molar-refractivity contribution in [2.45, 2.75) is 25.7 Å². The van der Waals surface area contributed by atoms with Crippen LogP contribution in [0.25, 0.3) is 10.6 Å². The van der Waals surface area contributed by atoms with Gasteiger partial charge in [0.25, 0.3) is 0 Å². The van der Waals surface area contributed by atoms with Crippen molar-refractivity contribution in [2.24, 2.45) is 5.92 Å². The lowest BCUT2D eigenvalue weighted by atomic mass is 9.93. The van der Waals surface area contributed by atoms with Crippen LogP contribution in [0.2, 0.25) is 0 Å². The summed E-state index contributed by atoms with van der Waals surface area (Å²) in [5, 5.41) is 6.21. The highest BCUT2D eigenvalue weighted by Crippen LogP contribution is 2.24. The standard InChI is InChI=1S/C19H25N3OS.2ClH/c1-20-10-7-15-8-11-22(12-9-15)18(23)13-17-14-24-19(21-17)16-5-3-2-4-6-16;;/h2-6,14-15,20H,7-13H2,1H3;2*1H. The van der Waals surface area contributed by atoms with Gasteiger partial charge in [-0.2, -0.15) is 0 Å². The quantitative estimate of drug-likeness (QED) is 0.773. The summed E-state index contributed by atoms with van der Waals surface area (Å²) in [6.45, 7) is 2.85. The highest BCUT2D eigenvalue weighted by atomic mass is 35.5. The first-order valence-corrected chi connectivity index (χ1v) is 9.56. The second-order valence-corrected chi connectivity index (χ2v) is 7.26. The lowest BCUT2D eigenvalue weighted by molar-refractivity contribution is -0.131. The first kappa shape index (κ1) is 22.9. The summed E-state index contributed by atoms with van der Waals surface area (Å²) in [4.78, 5) is 19.2. The number of carbonyl (C=O) groups excluding carboxylic acids is 1. The van der Waals surface area contributed by atoms with Gasteiger partial charge in [-0.25, -0.2) is 4.98 Å². The fourth-order valence-corrected chi connectivity index (χ4v) is 4.01. The molecule has 0 saturated carbocycles. The van der Waals surface area contributed by atoms with Crippen LogP contribution in [-0.2, 0) is 11.2 Å². The van der Waals surface area contributed by atoms with Crippen molar-refractivity contribution < 1.29 is 4.79 Å². The third kappa shape index (κ3) is 6.23. The zero-order valence-corrected chi connectivity index (χ0v) is 17.5. The van der Waals surface area contributed by atoms with Gasteiger partial charge < -0.3 is 10.2 Å². The number of amides is 1. The normalized spacial score (nSPS) is 14.4. The van der Waals surface area contributed by atoms with Gasteiger partial charge in [0.15, 0.2) is 0 Å². The fraction of sp³-hybridized carbons (Fsp3) is 0.474. The van der Waals surface area contributed by atoms with Crippen molar-refractivity contribution in [3.05, 3.63) is 41.4 Å². The van der Waals surface area contributed by atoms with E-state index in [1.165, 1.54) is 6.42 Å². The van der Waals surface area contributed by atoms with Crippen molar-refractivity contribution in [1.82, 2.24) is 15.2 Å². The van der Waals surface area contributed by atoms with E-state index in [9.17, 15) is 4.79 Å². The Hall–Kier alpha value is -1.14. The number of nitrogens with one attached hydrogen (secondary N) is 1. The van der Waals surface area contributed by atoms with Crippen molar-refractivity contribution in [1.29, 1.82) is 0 Å². The molecule has 1 fully saturated rings. The number of likely N-dealkylation sites (tertiary alicyclic amines) is 1. The fourth-order valence-electron chi connectivity index (χ4n) is 3.19. The second-order valence-electron chi connectivity index (χ2n) is 6.40. The molecule has 0 aliphatic carbocycles. The summed E-state index contributed by atoms with van der Waals surface area (Å²) in [5.74, 6) is 0.970. The van der Waals surface area contributed by atoms with E-state index in [0.29, 0.717) is 6.42 Å². The Kier molecular flexibility index (Phi) is 10.2. The van der Waals surface area contributed by atoms with Crippen LogP contribution in [0.1, 0.15) is 25.0 Å². The molecule has 0 atom stereocenters. The monoisotopic (exact) mass is 415 g/mol. The molecular formula is C19H27Cl2N3OS. The van der Waals surface area contributed by atoms with E-state index in [-0.39, 0.29) is 30.7 Å². The minimum Gasteiger partial charge on any atom is -0.342 e. The smallest absolute Gasteiger partial charge is 0.228 e. The first-order chi connectivity index (χ1) is 11.8. The number of hydrogen-bond donors (Lipinski definition) is 1. The Bertz CT molecular complexity index is 658. The molecule has 0 bridgehead atoms. The molecule has 1 amide bonds. The lowest BCUT2D eigenvalue weighted by Crippen LogP contribution is -2.39. The van der Waals surface area contributed by atoms with Gasteiger partial charge in [-0.15, -0.1) is 36.2 Å². The van der Waals surface area contributed by atoms with Crippen LogP contribution in [0.3, 0.4) is 0 Å². The first-order valence-electron chi connectivity index (χ1n) is 8.68. The van der Waals surface area contributed by atoms with Gasteiger partial charge in [0.05, 0.1) is 12.1 Å². The van der Waals surface area contributed by atoms with E-state index < -0.39 is 0 Å². The minimum atomic E-state index is 0. The van der Waals surface area contributed by atoms with Crippen molar-refractivity contribution in [2.75, 3.05) is 26.7 Å². The van der Waals surface area contributed by atoms with Gasteiger partial charge in [0.1, 0.15) is 5.01 Å². The molecule has 0 radical (unpaired) electrons. The number of nitrogens with zero attached hydrogens (tertiary/aromatic N) is 2. The highest BCUT2D eigenvalue weighted by Gasteiger charge is 2.23. The van der Waals surface area contributed by atoms with Crippen LogP contribution in [0.5, 0.6) is 0 Å². The molecule has 3 rings (SSSR count). The number of thiazole rings is 1. The molecule has 0 spiro atoms. The van der Waals surface area contributed by atoms with Crippen LogP contribution >= 0.6 is 36.2 Å². The third-order valence-corrected chi connectivity index (χ3v) is 5.61. The van der Waals surface area contributed by atoms with Crippen molar-refractivity contribution >= 4 is 42.1 Å². The number of hydrogen-bond acceptors (Lipinski definition) is 4. The van der Waals surface area contributed by atoms with Crippen LogP contribution in [0.15, 0.2) is 35.7 Å². The molecule has 7 heteroatoms. The van der Waals surface area contributed by atoms with Gasteiger partial charge in [-0.3, -0.25) is 4.79 Å². The second kappa shape index (κ2) is 11.5. The predicted molar refractivity (Wildman–Crippen MR) is 114 cm³/mol. The maximum absolute atomic E-state index is 12.5. The maximum Gasteiger partial charge on any atom is 0.228 e. The van der Waals surface area contributed by atoms with Crippen LogP contribution in [0.4, 0.5) is 0 Å². The molecule has 1 saturated heterocycles. The average Bonchev–Trinajstić information content (AvgIpc) is 3.09. The van der Waals surface area contributed by atoms with Crippen LogP contribution < -0.4 is 5.32 Å². The molecule has 144 valence electrons. The lowest BCUT2D eigenvalue weighted by Gasteiger charge is -2.32. The Labute approximate surface area is 172 Å². The number of halogens is 2. The van der Waals surface area contributed by atoms with Gasteiger partial charge >= 0.3 is 0 Å². The number of carbonyl (C=O) groups is 1. The maximum atomic E-state index is 12.5. The molecule has 1 aliphatic rings. The van der Waals surface area contributed by atoms with Gasteiger partial charge in [-0.05, 0) is 38.8 Å². The number of aromatic nitrogens is 1. The highest BCUT2D eigenvalue weighted by molar-refractivity contribution is 7.13. The Morgan fingerprint density at radius 1 is 1.23 bits per heavy atom. The van der Waals surface area contributed by atoms with Crippen LogP contribution in [0, 0.1) is 5.92 Å². The molecule has 0 unspecified atom stereocenters. The summed E-state index contributed by atoms with van der Waals surface area (Å²) in [5.41, 5.74) is 2.01. The van der Waals surface area contributed by atoms with Gasteiger partial charge in [0, 0.05) is 24.0 Å². The number of rotatable bonds is 6. The summed E-state index contributed by atoms with van der Waals surface area (Å²) < 4.78 is 0. The van der Waals surface area contributed by atoms with E-state index in [2.05, 4.69) is 22.4 Å². The third-order valence-electron chi connectivity index (χ3n) is 4.67. The summed E-state index contributed by atoms with van der Waals surface area (Å²) >= 11 is 1.61. The van der Waals surface area contributed by atoms with E-state index in [0.717, 1.165) is 54.7 Å². The topological polar surface area (TPSA) is 45.2 Å². The van der Waals surface area contributed by atoms with Crippen LogP contribution in [-0.4, -0.2) is 42.5 Å². The molecule has 1 aromatic heterocycles. The summed E-state index contributed by atoms with van der Waals surface area (Å²) in [6.07, 6.45) is 3.88. The molecule has 2 heterocycles. The molecule has 1 N–H and O–H groups in total. The number of benzene rings is 1. The van der Waals surface area contributed by atoms with E-state index >= 15 is 0 Å². The predicted octanol–water partition coefficient (Wildman–Crippen LogP) is 4.04. The molecule has 1 aliphatic heterocycles. The Morgan fingerprint density at radius 3 is 2.58 bits per heavy atom. The SMILES string of the molecule is CNCCC1CCN(C(=O)Cc2csc(-c3ccccc3)n2)CC1.Cl.Cl.